The zero-order chi connectivity index (χ0) is 13.8. The second-order valence-electron chi connectivity index (χ2n) is 5.63. The van der Waals surface area contributed by atoms with Crippen molar-refractivity contribution in [2.75, 3.05) is 13.2 Å². The van der Waals surface area contributed by atoms with E-state index in [2.05, 4.69) is 52.2 Å². The molecule has 2 heterocycles. The minimum atomic E-state index is 0.282. The SMILES string of the molecule is OC[C@H]1CCCN1Cc1ccn(Cc2ccccc2)c1. The zero-order valence-electron chi connectivity index (χ0n) is 11.8. The van der Waals surface area contributed by atoms with E-state index in [1.807, 2.05) is 6.07 Å². The van der Waals surface area contributed by atoms with Gasteiger partial charge in [0, 0.05) is 31.5 Å². The predicted octanol–water partition coefficient (Wildman–Crippen LogP) is 2.49. The maximum Gasteiger partial charge on any atom is 0.0587 e. The Morgan fingerprint density at radius 1 is 1.05 bits per heavy atom. The fraction of sp³-hybridized carbons (Fsp3) is 0.412. The smallest absolute Gasteiger partial charge is 0.0587 e. The third kappa shape index (κ3) is 3.11. The molecule has 0 bridgehead atoms. The second-order valence-corrected chi connectivity index (χ2v) is 5.63. The molecular formula is C17H22N2O. The molecule has 0 amide bonds. The predicted molar refractivity (Wildman–Crippen MR) is 80.5 cm³/mol. The van der Waals surface area contributed by atoms with Crippen LogP contribution in [-0.4, -0.2) is 33.8 Å². The summed E-state index contributed by atoms with van der Waals surface area (Å²) in [5, 5.41) is 9.37. The summed E-state index contributed by atoms with van der Waals surface area (Å²) in [5.41, 5.74) is 2.66. The molecule has 1 aliphatic rings. The average Bonchev–Trinajstić information content (AvgIpc) is 3.10. The van der Waals surface area contributed by atoms with E-state index in [0.29, 0.717) is 6.04 Å². The van der Waals surface area contributed by atoms with E-state index in [0.717, 1.165) is 26.1 Å². The lowest BCUT2D eigenvalue weighted by Crippen LogP contribution is -2.31. The number of hydrogen-bond donors (Lipinski definition) is 1. The molecule has 2 aromatic rings. The van der Waals surface area contributed by atoms with E-state index in [1.54, 1.807) is 0 Å². The summed E-state index contributed by atoms with van der Waals surface area (Å²) in [7, 11) is 0. The Labute approximate surface area is 120 Å². The Kier molecular flexibility index (Phi) is 4.19. The third-order valence-electron chi connectivity index (χ3n) is 4.12. The van der Waals surface area contributed by atoms with Crippen LogP contribution in [0.15, 0.2) is 48.8 Å². The van der Waals surface area contributed by atoms with Crippen molar-refractivity contribution in [3.8, 4) is 0 Å². The number of hydrogen-bond acceptors (Lipinski definition) is 2. The van der Waals surface area contributed by atoms with Crippen LogP contribution < -0.4 is 0 Å². The standard InChI is InChI=1S/C17H22N2O/c20-14-17-7-4-9-19(17)13-16-8-10-18(12-16)11-15-5-2-1-3-6-15/h1-3,5-6,8,10,12,17,20H,4,7,9,11,13-14H2/t17-/m1/s1. The first-order chi connectivity index (χ1) is 9.85. The second kappa shape index (κ2) is 6.25. The van der Waals surface area contributed by atoms with Gasteiger partial charge in [-0.3, -0.25) is 4.90 Å². The summed E-state index contributed by atoms with van der Waals surface area (Å²) in [4.78, 5) is 2.39. The van der Waals surface area contributed by atoms with Crippen LogP contribution in [0.2, 0.25) is 0 Å². The van der Waals surface area contributed by atoms with Crippen molar-refractivity contribution in [2.24, 2.45) is 0 Å². The van der Waals surface area contributed by atoms with Crippen LogP contribution in [0.4, 0.5) is 0 Å². The number of benzene rings is 1. The molecule has 1 saturated heterocycles. The number of aliphatic hydroxyl groups excluding tert-OH is 1. The number of nitrogens with zero attached hydrogens (tertiary/aromatic N) is 2. The van der Waals surface area contributed by atoms with Crippen LogP contribution in [0.25, 0.3) is 0 Å². The largest absolute Gasteiger partial charge is 0.395 e. The highest BCUT2D eigenvalue weighted by Gasteiger charge is 2.23. The van der Waals surface area contributed by atoms with Gasteiger partial charge in [-0.05, 0) is 36.6 Å². The number of likely N-dealkylation sites (tertiary alicyclic amines) is 1. The van der Waals surface area contributed by atoms with Crippen LogP contribution >= 0.6 is 0 Å². The van der Waals surface area contributed by atoms with Crippen molar-refractivity contribution >= 4 is 0 Å². The molecule has 1 aromatic carbocycles. The quantitative estimate of drug-likeness (QED) is 0.904. The first kappa shape index (κ1) is 13.4. The summed E-state index contributed by atoms with van der Waals surface area (Å²) in [5.74, 6) is 0. The van der Waals surface area contributed by atoms with Crippen LogP contribution in [0.3, 0.4) is 0 Å². The van der Waals surface area contributed by atoms with Gasteiger partial charge in [-0.2, -0.15) is 0 Å². The lowest BCUT2D eigenvalue weighted by atomic mass is 10.2. The van der Waals surface area contributed by atoms with Crippen molar-refractivity contribution in [1.82, 2.24) is 9.47 Å². The molecule has 1 aliphatic heterocycles. The van der Waals surface area contributed by atoms with Gasteiger partial charge in [-0.1, -0.05) is 30.3 Å². The first-order valence-electron chi connectivity index (χ1n) is 7.38. The molecule has 1 aromatic heterocycles. The Hall–Kier alpha value is -1.58. The van der Waals surface area contributed by atoms with E-state index in [-0.39, 0.29) is 6.61 Å². The minimum Gasteiger partial charge on any atom is -0.395 e. The van der Waals surface area contributed by atoms with Gasteiger partial charge >= 0.3 is 0 Å². The topological polar surface area (TPSA) is 28.4 Å². The minimum absolute atomic E-state index is 0.282. The van der Waals surface area contributed by atoms with Gasteiger partial charge in [-0.15, -0.1) is 0 Å². The third-order valence-corrected chi connectivity index (χ3v) is 4.12. The molecule has 0 unspecified atom stereocenters. The molecule has 3 nitrogen and oxygen atoms in total. The molecule has 0 aliphatic carbocycles. The monoisotopic (exact) mass is 270 g/mol. The summed E-state index contributed by atoms with van der Waals surface area (Å²) < 4.78 is 2.23. The van der Waals surface area contributed by atoms with Crippen LogP contribution in [0.1, 0.15) is 24.0 Å². The van der Waals surface area contributed by atoms with Gasteiger partial charge < -0.3 is 9.67 Å². The molecule has 0 saturated carbocycles. The number of aliphatic hydroxyl groups is 1. The van der Waals surface area contributed by atoms with Crippen molar-refractivity contribution in [3.63, 3.8) is 0 Å². The Morgan fingerprint density at radius 2 is 1.90 bits per heavy atom. The molecular weight excluding hydrogens is 248 g/mol. The van der Waals surface area contributed by atoms with Crippen LogP contribution in [0.5, 0.6) is 0 Å². The van der Waals surface area contributed by atoms with Crippen molar-refractivity contribution in [1.29, 1.82) is 0 Å². The molecule has 20 heavy (non-hydrogen) atoms. The molecule has 1 N–H and O–H groups in total. The van der Waals surface area contributed by atoms with E-state index < -0.39 is 0 Å². The molecule has 106 valence electrons. The zero-order valence-corrected chi connectivity index (χ0v) is 11.8. The maximum absolute atomic E-state index is 9.37. The van der Waals surface area contributed by atoms with Gasteiger partial charge in [0.2, 0.25) is 0 Å². The van der Waals surface area contributed by atoms with E-state index in [9.17, 15) is 5.11 Å². The Balaban J connectivity index is 1.62. The van der Waals surface area contributed by atoms with Crippen molar-refractivity contribution < 1.29 is 5.11 Å². The highest BCUT2D eigenvalue weighted by Crippen LogP contribution is 2.19. The summed E-state index contributed by atoms with van der Waals surface area (Å²) >= 11 is 0. The first-order valence-corrected chi connectivity index (χ1v) is 7.38. The highest BCUT2D eigenvalue weighted by molar-refractivity contribution is 5.17. The van der Waals surface area contributed by atoms with Gasteiger partial charge in [0.15, 0.2) is 0 Å². The van der Waals surface area contributed by atoms with Gasteiger partial charge in [0.1, 0.15) is 0 Å². The highest BCUT2D eigenvalue weighted by atomic mass is 16.3. The lowest BCUT2D eigenvalue weighted by Gasteiger charge is -2.21. The van der Waals surface area contributed by atoms with Gasteiger partial charge in [0.05, 0.1) is 6.61 Å². The van der Waals surface area contributed by atoms with Crippen molar-refractivity contribution in [2.45, 2.75) is 32.0 Å². The number of rotatable bonds is 5. The average molecular weight is 270 g/mol. The summed E-state index contributed by atoms with van der Waals surface area (Å²) in [6.45, 7) is 3.26. The van der Waals surface area contributed by atoms with E-state index in [4.69, 9.17) is 0 Å². The van der Waals surface area contributed by atoms with E-state index >= 15 is 0 Å². The lowest BCUT2D eigenvalue weighted by molar-refractivity contribution is 0.153. The normalized spacial score (nSPS) is 19.6. The van der Waals surface area contributed by atoms with Crippen LogP contribution in [0, 0.1) is 0 Å². The fourth-order valence-corrected chi connectivity index (χ4v) is 3.02. The molecule has 3 heteroatoms. The molecule has 0 radical (unpaired) electrons. The maximum atomic E-state index is 9.37. The van der Waals surface area contributed by atoms with E-state index in [1.165, 1.54) is 17.5 Å². The van der Waals surface area contributed by atoms with Crippen molar-refractivity contribution in [3.05, 3.63) is 59.9 Å². The Morgan fingerprint density at radius 3 is 2.70 bits per heavy atom. The Bertz CT molecular complexity index is 535. The molecule has 3 rings (SSSR count). The fourth-order valence-electron chi connectivity index (χ4n) is 3.02. The van der Waals surface area contributed by atoms with Gasteiger partial charge in [-0.25, -0.2) is 0 Å². The van der Waals surface area contributed by atoms with Crippen LogP contribution in [-0.2, 0) is 13.1 Å². The summed E-state index contributed by atoms with van der Waals surface area (Å²) in [6.07, 6.45) is 6.70. The molecule has 0 spiro atoms. The van der Waals surface area contributed by atoms with Gasteiger partial charge in [0.25, 0.3) is 0 Å². The summed E-state index contributed by atoms with van der Waals surface area (Å²) in [6, 6.07) is 13.1. The number of aromatic nitrogens is 1. The molecule has 1 atom stereocenters. The molecule has 1 fully saturated rings.